The number of nitrogens with zero attached hydrogens (tertiary/aromatic N) is 1. The molecule has 1 aromatic rings. The molecule has 0 radical (unpaired) electrons. The number of morpholine rings is 1. The van der Waals surface area contributed by atoms with E-state index in [1.807, 2.05) is 11.0 Å². The van der Waals surface area contributed by atoms with Crippen molar-refractivity contribution < 1.29 is 9.53 Å². The first kappa shape index (κ1) is 11.1. The second-order valence-corrected chi connectivity index (χ2v) is 4.24. The Kier molecular flexibility index (Phi) is 3.25. The van der Waals surface area contributed by atoms with Gasteiger partial charge in [0, 0.05) is 13.5 Å². The van der Waals surface area contributed by atoms with E-state index in [9.17, 15) is 4.79 Å². The van der Waals surface area contributed by atoms with E-state index in [0.717, 1.165) is 5.56 Å². The second kappa shape index (κ2) is 4.66. The molecule has 1 heterocycles. The van der Waals surface area contributed by atoms with E-state index in [0.29, 0.717) is 19.7 Å². The number of aryl methyl sites for hydroxylation is 1. The lowest BCUT2D eigenvalue weighted by Crippen LogP contribution is -2.41. The Morgan fingerprint density at radius 3 is 3.00 bits per heavy atom. The molecule has 1 aliphatic rings. The highest BCUT2D eigenvalue weighted by Crippen LogP contribution is 2.22. The summed E-state index contributed by atoms with van der Waals surface area (Å²) in [4.78, 5) is 13.2. The quantitative estimate of drug-likeness (QED) is 0.722. The summed E-state index contributed by atoms with van der Waals surface area (Å²) in [5.41, 5.74) is 2.38. The summed E-state index contributed by atoms with van der Waals surface area (Å²) in [5.74, 6) is 0.126. The van der Waals surface area contributed by atoms with Gasteiger partial charge in [-0.2, -0.15) is 0 Å². The van der Waals surface area contributed by atoms with Crippen LogP contribution < -0.4 is 0 Å². The molecular weight excluding hydrogens is 202 g/mol. The molecule has 1 aliphatic heterocycles. The Bertz CT molecular complexity index is 389. The normalized spacial score (nSPS) is 20.9. The lowest BCUT2D eigenvalue weighted by molar-refractivity contribution is -0.136. The molecule has 0 spiro atoms. The van der Waals surface area contributed by atoms with Gasteiger partial charge in [0.2, 0.25) is 5.91 Å². The first-order chi connectivity index (χ1) is 7.66. The minimum atomic E-state index is 0.0255. The molecule has 1 atom stereocenters. The minimum Gasteiger partial charge on any atom is -0.370 e. The fourth-order valence-electron chi connectivity index (χ4n) is 2.01. The van der Waals surface area contributed by atoms with Gasteiger partial charge in [0.05, 0.1) is 13.2 Å². The highest BCUT2D eigenvalue weighted by molar-refractivity contribution is 5.73. The van der Waals surface area contributed by atoms with Gasteiger partial charge in [-0.3, -0.25) is 4.79 Å². The predicted octanol–water partition coefficient (Wildman–Crippen LogP) is 1.91. The summed E-state index contributed by atoms with van der Waals surface area (Å²) in [5, 5.41) is 0. The zero-order valence-corrected chi connectivity index (χ0v) is 9.77. The van der Waals surface area contributed by atoms with E-state index in [4.69, 9.17) is 4.74 Å². The number of carbonyl (C=O) groups excluding carboxylic acids is 1. The van der Waals surface area contributed by atoms with E-state index in [1.165, 1.54) is 5.56 Å². The summed E-state index contributed by atoms with van der Waals surface area (Å²) in [6, 6.07) is 8.27. The number of ether oxygens (including phenoxy) is 1. The van der Waals surface area contributed by atoms with Crippen molar-refractivity contribution in [1.29, 1.82) is 0 Å². The van der Waals surface area contributed by atoms with Crippen LogP contribution in [0.2, 0.25) is 0 Å². The molecule has 3 heteroatoms. The Morgan fingerprint density at radius 1 is 1.50 bits per heavy atom. The number of benzene rings is 1. The maximum Gasteiger partial charge on any atom is 0.219 e. The van der Waals surface area contributed by atoms with E-state index in [1.54, 1.807) is 6.92 Å². The molecule has 0 saturated carbocycles. The monoisotopic (exact) mass is 219 g/mol. The van der Waals surface area contributed by atoms with Crippen LogP contribution >= 0.6 is 0 Å². The van der Waals surface area contributed by atoms with Crippen molar-refractivity contribution in [2.45, 2.75) is 20.0 Å². The van der Waals surface area contributed by atoms with Gasteiger partial charge in [-0.15, -0.1) is 0 Å². The maximum atomic E-state index is 11.3. The van der Waals surface area contributed by atoms with E-state index in [-0.39, 0.29) is 12.0 Å². The van der Waals surface area contributed by atoms with Crippen LogP contribution in [0.5, 0.6) is 0 Å². The van der Waals surface area contributed by atoms with Gasteiger partial charge in [0.15, 0.2) is 0 Å². The average molecular weight is 219 g/mol. The third-order valence-electron chi connectivity index (χ3n) is 2.93. The van der Waals surface area contributed by atoms with Gasteiger partial charge in [-0.25, -0.2) is 0 Å². The van der Waals surface area contributed by atoms with Crippen LogP contribution in [0.25, 0.3) is 0 Å². The minimum absolute atomic E-state index is 0.0255. The molecule has 3 nitrogen and oxygen atoms in total. The molecule has 86 valence electrons. The summed E-state index contributed by atoms with van der Waals surface area (Å²) in [6.45, 7) is 5.67. The van der Waals surface area contributed by atoms with Crippen LogP contribution in [0.1, 0.15) is 24.2 Å². The number of amides is 1. The van der Waals surface area contributed by atoms with Crippen molar-refractivity contribution in [2.75, 3.05) is 19.7 Å². The number of hydrogen-bond donors (Lipinski definition) is 0. The van der Waals surface area contributed by atoms with Crippen LogP contribution in [-0.4, -0.2) is 30.5 Å². The average Bonchev–Trinajstić information content (AvgIpc) is 2.29. The van der Waals surface area contributed by atoms with Crippen molar-refractivity contribution >= 4 is 5.91 Å². The molecule has 0 bridgehead atoms. The number of carbonyl (C=O) groups is 1. The SMILES string of the molecule is CC(=O)N1CCOC(c2cccc(C)c2)C1. The lowest BCUT2D eigenvalue weighted by atomic mass is 10.1. The first-order valence-corrected chi connectivity index (χ1v) is 5.60. The van der Waals surface area contributed by atoms with Crippen LogP contribution in [0.3, 0.4) is 0 Å². The standard InChI is InChI=1S/C13H17NO2/c1-10-4-3-5-12(8-10)13-9-14(11(2)15)6-7-16-13/h3-5,8,13H,6-7,9H2,1-2H3. The van der Waals surface area contributed by atoms with Gasteiger partial charge >= 0.3 is 0 Å². The van der Waals surface area contributed by atoms with Gasteiger partial charge in [0.1, 0.15) is 6.10 Å². The van der Waals surface area contributed by atoms with Crippen molar-refractivity contribution in [2.24, 2.45) is 0 Å². The largest absolute Gasteiger partial charge is 0.370 e. The Labute approximate surface area is 96.0 Å². The summed E-state index contributed by atoms with van der Waals surface area (Å²) in [6.07, 6.45) is 0.0255. The number of rotatable bonds is 1. The maximum absolute atomic E-state index is 11.3. The van der Waals surface area contributed by atoms with Crippen LogP contribution in [0, 0.1) is 6.92 Å². The van der Waals surface area contributed by atoms with Gasteiger partial charge < -0.3 is 9.64 Å². The zero-order valence-electron chi connectivity index (χ0n) is 9.77. The topological polar surface area (TPSA) is 29.5 Å². The Balaban J connectivity index is 2.12. The molecule has 16 heavy (non-hydrogen) atoms. The Hall–Kier alpha value is -1.35. The Morgan fingerprint density at radius 2 is 2.31 bits per heavy atom. The zero-order chi connectivity index (χ0) is 11.5. The van der Waals surface area contributed by atoms with Crippen LogP contribution in [0.15, 0.2) is 24.3 Å². The van der Waals surface area contributed by atoms with E-state index in [2.05, 4.69) is 25.1 Å². The van der Waals surface area contributed by atoms with Crippen molar-refractivity contribution in [3.63, 3.8) is 0 Å². The number of hydrogen-bond acceptors (Lipinski definition) is 2. The van der Waals surface area contributed by atoms with Gasteiger partial charge in [-0.05, 0) is 12.5 Å². The molecule has 2 rings (SSSR count). The molecule has 1 unspecified atom stereocenters. The summed E-state index contributed by atoms with van der Waals surface area (Å²) >= 11 is 0. The second-order valence-electron chi connectivity index (χ2n) is 4.24. The summed E-state index contributed by atoms with van der Waals surface area (Å²) in [7, 11) is 0. The fraction of sp³-hybridized carbons (Fsp3) is 0.462. The molecule has 1 saturated heterocycles. The first-order valence-electron chi connectivity index (χ1n) is 5.60. The lowest BCUT2D eigenvalue weighted by Gasteiger charge is -2.32. The third kappa shape index (κ3) is 2.42. The van der Waals surface area contributed by atoms with Crippen molar-refractivity contribution in [3.8, 4) is 0 Å². The van der Waals surface area contributed by atoms with Crippen LogP contribution in [-0.2, 0) is 9.53 Å². The predicted molar refractivity (Wildman–Crippen MR) is 62.1 cm³/mol. The smallest absolute Gasteiger partial charge is 0.219 e. The van der Waals surface area contributed by atoms with Gasteiger partial charge in [0.25, 0.3) is 0 Å². The molecular formula is C13H17NO2. The fourth-order valence-corrected chi connectivity index (χ4v) is 2.01. The molecule has 1 fully saturated rings. The molecule has 0 N–H and O–H groups in total. The van der Waals surface area contributed by atoms with E-state index < -0.39 is 0 Å². The molecule has 0 aromatic heterocycles. The molecule has 1 aromatic carbocycles. The van der Waals surface area contributed by atoms with E-state index >= 15 is 0 Å². The summed E-state index contributed by atoms with van der Waals surface area (Å²) < 4.78 is 5.71. The third-order valence-corrected chi connectivity index (χ3v) is 2.93. The highest BCUT2D eigenvalue weighted by atomic mass is 16.5. The van der Waals surface area contributed by atoms with Gasteiger partial charge in [-0.1, -0.05) is 29.8 Å². The van der Waals surface area contributed by atoms with Crippen LogP contribution in [0.4, 0.5) is 0 Å². The highest BCUT2D eigenvalue weighted by Gasteiger charge is 2.23. The van der Waals surface area contributed by atoms with Crippen molar-refractivity contribution in [3.05, 3.63) is 35.4 Å². The molecule has 1 amide bonds. The van der Waals surface area contributed by atoms with Crippen molar-refractivity contribution in [1.82, 2.24) is 4.90 Å². The molecule has 0 aliphatic carbocycles.